The maximum absolute atomic E-state index is 11.8. The van der Waals surface area contributed by atoms with Crippen LogP contribution in [0.15, 0.2) is 39.9 Å². The Hall–Kier alpha value is -2.94. The Morgan fingerprint density at radius 2 is 2.04 bits per heavy atom. The molecule has 0 saturated carbocycles. The molecule has 8 nitrogen and oxygen atoms in total. The van der Waals surface area contributed by atoms with Crippen LogP contribution in [0.2, 0.25) is 0 Å². The van der Waals surface area contributed by atoms with E-state index in [-0.39, 0.29) is 28.1 Å². The fraction of sp³-hybridized carbons (Fsp3) is 0.176. The van der Waals surface area contributed by atoms with Crippen LogP contribution in [-0.4, -0.2) is 28.8 Å². The number of nitro groups is 1. The average molecular weight is 422 g/mol. The van der Waals surface area contributed by atoms with Crippen molar-refractivity contribution in [2.75, 3.05) is 6.61 Å². The minimum absolute atomic E-state index is 0.0852. The monoisotopic (exact) mass is 421 g/mol. The van der Waals surface area contributed by atoms with Gasteiger partial charge in [0, 0.05) is 17.7 Å². The lowest BCUT2D eigenvalue weighted by Gasteiger charge is -2.10. The number of rotatable bonds is 6. The summed E-state index contributed by atoms with van der Waals surface area (Å²) >= 11 is 3.03. The molecule has 2 aromatic carbocycles. The van der Waals surface area contributed by atoms with E-state index in [0.29, 0.717) is 5.75 Å². The number of nitrogens with one attached hydrogen (secondary N) is 1. The lowest BCUT2D eigenvalue weighted by atomic mass is 10.1. The number of amides is 1. The Labute approximate surface area is 157 Å². The molecule has 2 rings (SSSR count). The van der Waals surface area contributed by atoms with Crippen LogP contribution in [0.1, 0.15) is 16.7 Å². The molecule has 0 fully saturated rings. The van der Waals surface area contributed by atoms with Crippen molar-refractivity contribution in [1.82, 2.24) is 5.43 Å². The number of non-ortho nitro benzene ring substituents is 1. The van der Waals surface area contributed by atoms with Crippen LogP contribution in [0.5, 0.6) is 11.5 Å². The van der Waals surface area contributed by atoms with Crippen LogP contribution >= 0.6 is 15.9 Å². The van der Waals surface area contributed by atoms with Crippen molar-refractivity contribution in [2.45, 2.75) is 13.8 Å². The first-order valence-electron chi connectivity index (χ1n) is 7.47. The number of hydrogen-bond donors (Lipinski definition) is 2. The van der Waals surface area contributed by atoms with Crippen LogP contribution in [0, 0.1) is 24.0 Å². The Bertz CT molecular complexity index is 863. The zero-order valence-corrected chi connectivity index (χ0v) is 15.6. The third-order valence-corrected chi connectivity index (χ3v) is 4.04. The maximum atomic E-state index is 11.8. The van der Waals surface area contributed by atoms with Crippen LogP contribution in [-0.2, 0) is 4.79 Å². The van der Waals surface area contributed by atoms with E-state index in [1.807, 2.05) is 32.0 Å². The minimum Gasteiger partial charge on any atom is -0.506 e. The molecular weight excluding hydrogens is 406 g/mol. The van der Waals surface area contributed by atoms with Crippen molar-refractivity contribution < 1.29 is 19.6 Å². The number of para-hydroxylation sites is 1. The summed E-state index contributed by atoms with van der Waals surface area (Å²) in [5.41, 5.74) is 3.93. The van der Waals surface area contributed by atoms with E-state index < -0.39 is 10.8 Å². The number of aryl methyl sites for hydroxylation is 2. The van der Waals surface area contributed by atoms with Gasteiger partial charge in [0.1, 0.15) is 11.5 Å². The molecule has 0 spiro atoms. The highest BCUT2D eigenvalue weighted by atomic mass is 79.9. The Morgan fingerprint density at radius 3 is 2.65 bits per heavy atom. The average Bonchev–Trinajstić information content (AvgIpc) is 2.57. The normalized spacial score (nSPS) is 10.7. The number of nitrogens with zero attached hydrogens (tertiary/aromatic N) is 2. The molecule has 2 aromatic rings. The standard InChI is InChI=1S/C17H16BrN3O5/c1-10-4-3-5-11(2)17(10)26-9-15(22)20-19-8-12-6-13(21(24)25)7-14(18)16(12)23/h3-8,23H,9H2,1-2H3,(H,20,22)/b19-8+. The lowest BCUT2D eigenvalue weighted by Crippen LogP contribution is -2.25. The van der Waals surface area contributed by atoms with Crippen molar-refractivity contribution in [3.8, 4) is 11.5 Å². The second-order valence-electron chi connectivity index (χ2n) is 5.43. The van der Waals surface area contributed by atoms with Gasteiger partial charge in [-0.2, -0.15) is 5.10 Å². The van der Waals surface area contributed by atoms with Gasteiger partial charge < -0.3 is 9.84 Å². The van der Waals surface area contributed by atoms with E-state index in [9.17, 15) is 20.0 Å². The first kappa shape index (κ1) is 19.4. The summed E-state index contributed by atoms with van der Waals surface area (Å²) in [6, 6.07) is 7.96. The van der Waals surface area contributed by atoms with Crippen LogP contribution in [0.4, 0.5) is 5.69 Å². The second-order valence-corrected chi connectivity index (χ2v) is 6.28. The maximum Gasteiger partial charge on any atom is 0.277 e. The van der Waals surface area contributed by atoms with E-state index in [1.54, 1.807) is 0 Å². The number of carbonyl (C=O) groups excluding carboxylic acids is 1. The lowest BCUT2D eigenvalue weighted by molar-refractivity contribution is -0.385. The summed E-state index contributed by atoms with van der Waals surface area (Å²) < 4.78 is 5.64. The van der Waals surface area contributed by atoms with Gasteiger partial charge in [0.25, 0.3) is 11.6 Å². The van der Waals surface area contributed by atoms with Crippen molar-refractivity contribution in [2.24, 2.45) is 5.10 Å². The van der Waals surface area contributed by atoms with Gasteiger partial charge in [0.2, 0.25) is 0 Å². The highest BCUT2D eigenvalue weighted by molar-refractivity contribution is 9.10. The molecule has 0 aliphatic rings. The molecule has 9 heteroatoms. The molecule has 0 saturated heterocycles. The number of hydrazone groups is 1. The zero-order chi connectivity index (χ0) is 19.3. The molecule has 26 heavy (non-hydrogen) atoms. The molecule has 0 atom stereocenters. The van der Waals surface area contributed by atoms with E-state index >= 15 is 0 Å². The molecule has 2 N–H and O–H groups in total. The molecule has 0 bridgehead atoms. The first-order valence-corrected chi connectivity index (χ1v) is 8.26. The van der Waals surface area contributed by atoms with Gasteiger partial charge in [0.15, 0.2) is 6.61 Å². The number of halogens is 1. The third kappa shape index (κ3) is 4.79. The molecule has 0 heterocycles. The predicted octanol–water partition coefficient (Wildman–Crippen LogP) is 3.21. The van der Waals surface area contributed by atoms with E-state index in [4.69, 9.17) is 4.74 Å². The summed E-state index contributed by atoms with van der Waals surface area (Å²) in [5.74, 6) is -0.0971. The van der Waals surface area contributed by atoms with Crippen molar-refractivity contribution in [3.63, 3.8) is 0 Å². The summed E-state index contributed by atoms with van der Waals surface area (Å²) in [6.45, 7) is 3.51. The van der Waals surface area contributed by atoms with Gasteiger partial charge in [0.05, 0.1) is 15.6 Å². The van der Waals surface area contributed by atoms with Crippen LogP contribution in [0.3, 0.4) is 0 Å². The van der Waals surface area contributed by atoms with Gasteiger partial charge in [-0.3, -0.25) is 14.9 Å². The highest BCUT2D eigenvalue weighted by Gasteiger charge is 2.13. The largest absolute Gasteiger partial charge is 0.506 e. The summed E-state index contributed by atoms with van der Waals surface area (Å²) in [5, 5.41) is 24.4. The van der Waals surface area contributed by atoms with Gasteiger partial charge >= 0.3 is 0 Å². The van der Waals surface area contributed by atoms with Crippen molar-refractivity contribution in [1.29, 1.82) is 0 Å². The Balaban J connectivity index is 2.00. The number of benzene rings is 2. The number of aromatic hydroxyl groups is 1. The number of carbonyl (C=O) groups is 1. The van der Waals surface area contributed by atoms with E-state index in [0.717, 1.165) is 23.4 Å². The fourth-order valence-electron chi connectivity index (χ4n) is 2.18. The quantitative estimate of drug-likeness (QED) is 0.422. The van der Waals surface area contributed by atoms with Gasteiger partial charge in [-0.05, 0) is 40.9 Å². The number of hydrogen-bond acceptors (Lipinski definition) is 6. The second kappa shape index (κ2) is 8.43. The summed E-state index contributed by atoms with van der Waals surface area (Å²) in [7, 11) is 0. The van der Waals surface area contributed by atoms with Crippen LogP contribution in [0.25, 0.3) is 0 Å². The van der Waals surface area contributed by atoms with Crippen molar-refractivity contribution >= 4 is 33.7 Å². The van der Waals surface area contributed by atoms with E-state index in [2.05, 4.69) is 26.5 Å². The predicted molar refractivity (Wildman–Crippen MR) is 99.6 cm³/mol. The molecule has 0 unspecified atom stereocenters. The topological polar surface area (TPSA) is 114 Å². The van der Waals surface area contributed by atoms with E-state index in [1.165, 1.54) is 6.07 Å². The van der Waals surface area contributed by atoms with Crippen molar-refractivity contribution in [3.05, 3.63) is 61.6 Å². The van der Waals surface area contributed by atoms with Gasteiger partial charge in [-0.15, -0.1) is 0 Å². The summed E-state index contributed by atoms with van der Waals surface area (Å²) in [4.78, 5) is 22.1. The summed E-state index contributed by atoms with van der Waals surface area (Å²) in [6.07, 6.45) is 1.12. The highest BCUT2D eigenvalue weighted by Crippen LogP contribution is 2.31. The number of ether oxygens (including phenoxy) is 1. The third-order valence-electron chi connectivity index (χ3n) is 3.44. The number of phenols is 1. The molecule has 0 aliphatic carbocycles. The fourth-order valence-corrected chi connectivity index (χ4v) is 2.64. The number of phenolic OH excluding ortho intramolecular Hbond substituents is 1. The van der Waals surface area contributed by atoms with Gasteiger partial charge in [-0.25, -0.2) is 5.43 Å². The first-order chi connectivity index (χ1) is 12.3. The SMILES string of the molecule is Cc1cccc(C)c1OCC(=O)N/N=C/c1cc([N+](=O)[O-])cc(Br)c1O. The Morgan fingerprint density at radius 1 is 1.38 bits per heavy atom. The zero-order valence-electron chi connectivity index (χ0n) is 14.0. The van der Waals surface area contributed by atoms with Crippen LogP contribution < -0.4 is 10.2 Å². The Kier molecular flexibility index (Phi) is 6.29. The molecular formula is C17H16BrN3O5. The molecule has 1 amide bonds. The molecule has 0 aromatic heterocycles. The molecule has 136 valence electrons. The molecule has 0 radical (unpaired) electrons. The van der Waals surface area contributed by atoms with Gasteiger partial charge in [-0.1, -0.05) is 18.2 Å². The molecule has 0 aliphatic heterocycles. The smallest absolute Gasteiger partial charge is 0.277 e. The number of nitro benzene ring substituents is 1. The minimum atomic E-state index is -0.599.